The van der Waals surface area contributed by atoms with Gasteiger partial charge in [0.05, 0.1) is 40.4 Å². The summed E-state index contributed by atoms with van der Waals surface area (Å²) < 4.78 is 6.38. The number of halogens is 1. The Kier molecular flexibility index (Phi) is 3.20. The average molecular weight is 401 g/mol. The number of ether oxygens (including phenoxy) is 1. The van der Waals surface area contributed by atoms with Gasteiger partial charge in [0, 0.05) is 18.3 Å². The molecule has 4 atom stereocenters. The monoisotopic (exact) mass is 400 g/mol. The summed E-state index contributed by atoms with van der Waals surface area (Å²) in [6.45, 7) is 0.558. The number of fused-ring (bicyclic) bond motifs is 2. The predicted molar refractivity (Wildman–Crippen MR) is 91.1 cm³/mol. The molecule has 2 unspecified atom stereocenters. The summed E-state index contributed by atoms with van der Waals surface area (Å²) in [6.07, 6.45) is 3.26. The minimum atomic E-state index is -0.251. The van der Waals surface area contributed by atoms with Crippen LogP contribution in [0.2, 0.25) is 0 Å². The van der Waals surface area contributed by atoms with Crippen molar-refractivity contribution < 1.29 is 14.3 Å². The molecule has 5 rings (SSSR count). The maximum atomic E-state index is 12.8. The number of hydrogen-bond acceptors (Lipinski definition) is 6. The highest BCUT2D eigenvalue weighted by atomic mass is 79.9. The molecule has 2 fully saturated rings. The van der Waals surface area contributed by atoms with E-state index < -0.39 is 0 Å². The standard InChI is InChI=1S/C17H13BrN4O3/c18-8-5-19-17(20-6-8)21-12-13(11-7-25-14(11)12)22-15(23)9-3-1-2-4-10(9)16(22)24/h1-6,11-14H,7H2,(H,19,20,21)/t11?,12?,13-,14-/m0/s1. The van der Waals surface area contributed by atoms with Crippen LogP contribution in [0.1, 0.15) is 20.7 Å². The number of hydrogen-bond donors (Lipinski definition) is 1. The Morgan fingerprint density at radius 3 is 2.32 bits per heavy atom. The Morgan fingerprint density at radius 2 is 1.76 bits per heavy atom. The maximum absolute atomic E-state index is 12.8. The van der Waals surface area contributed by atoms with E-state index in [1.807, 2.05) is 0 Å². The number of amides is 2. The molecule has 1 saturated carbocycles. The minimum Gasteiger partial charge on any atom is -0.375 e. The summed E-state index contributed by atoms with van der Waals surface area (Å²) in [7, 11) is 0. The highest BCUT2D eigenvalue weighted by molar-refractivity contribution is 9.10. The second-order valence-corrected chi connectivity index (χ2v) is 7.29. The van der Waals surface area contributed by atoms with E-state index in [0.29, 0.717) is 23.7 Å². The van der Waals surface area contributed by atoms with Gasteiger partial charge in [0.1, 0.15) is 0 Å². The van der Waals surface area contributed by atoms with E-state index in [9.17, 15) is 9.59 Å². The van der Waals surface area contributed by atoms with Crippen molar-refractivity contribution in [2.75, 3.05) is 11.9 Å². The van der Waals surface area contributed by atoms with Crippen LogP contribution >= 0.6 is 15.9 Å². The zero-order valence-corrected chi connectivity index (χ0v) is 14.5. The van der Waals surface area contributed by atoms with Crippen molar-refractivity contribution in [3.05, 3.63) is 52.3 Å². The Hall–Kier alpha value is -2.32. The summed E-state index contributed by atoms with van der Waals surface area (Å²) >= 11 is 3.30. The molecule has 1 N–H and O–H groups in total. The number of aromatic nitrogens is 2. The van der Waals surface area contributed by atoms with Crippen LogP contribution in [0, 0.1) is 5.92 Å². The lowest BCUT2D eigenvalue weighted by Crippen LogP contribution is -2.77. The number of carbonyl (C=O) groups is 2. The number of carbonyl (C=O) groups excluding carboxylic acids is 2. The van der Waals surface area contributed by atoms with E-state index in [2.05, 4.69) is 31.2 Å². The largest absolute Gasteiger partial charge is 0.375 e. The number of nitrogens with zero attached hydrogens (tertiary/aromatic N) is 3. The Balaban J connectivity index is 1.44. The van der Waals surface area contributed by atoms with Crippen LogP contribution in [0.15, 0.2) is 41.1 Å². The van der Waals surface area contributed by atoms with Crippen molar-refractivity contribution >= 4 is 33.7 Å². The van der Waals surface area contributed by atoms with Gasteiger partial charge in [-0.3, -0.25) is 14.5 Å². The third kappa shape index (κ3) is 2.07. The number of benzene rings is 1. The van der Waals surface area contributed by atoms with E-state index in [0.717, 1.165) is 4.47 Å². The first-order valence-corrected chi connectivity index (χ1v) is 8.77. The molecule has 2 amide bonds. The van der Waals surface area contributed by atoms with Crippen LogP contribution in [0.5, 0.6) is 0 Å². The molecule has 3 heterocycles. The highest BCUT2D eigenvalue weighted by Crippen LogP contribution is 2.46. The fourth-order valence-corrected chi connectivity index (χ4v) is 4.04. The van der Waals surface area contributed by atoms with Crippen LogP contribution in [-0.4, -0.2) is 51.5 Å². The van der Waals surface area contributed by atoms with Crippen molar-refractivity contribution in [2.45, 2.75) is 18.2 Å². The fourth-order valence-electron chi connectivity index (χ4n) is 3.83. The zero-order chi connectivity index (χ0) is 17.1. The maximum Gasteiger partial charge on any atom is 0.261 e. The Bertz CT molecular complexity index is 853. The predicted octanol–water partition coefficient (Wildman–Crippen LogP) is 1.71. The lowest BCUT2D eigenvalue weighted by Gasteiger charge is -2.59. The lowest BCUT2D eigenvalue weighted by molar-refractivity contribution is -0.212. The van der Waals surface area contributed by atoms with Gasteiger partial charge >= 0.3 is 0 Å². The summed E-state index contributed by atoms with van der Waals surface area (Å²) in [5.74, 6) is 0.137. The van der Waals surface area contributed by atoms with Crippen LogP contribution in [0.4, 0.5) is 5.95 Å². The molecule has 1 aromatic carbocycles. The molecule has 0 radical (unpaired) electrons. The molecule has 3 aliphatic rings. The fraction of sp³-hybridized carbons (Fsp3) is 0.294. The molecule has 1 saturated heterocycles. The van der Waals surface area contributed by atoms with E-state index in [4.69, 9.17) is 4.74 Å². The second-order valence-electron chi connectivity index (χ2n) is 6.37. The molecule has 7 nitrogen and oxygen atoms in total. The van der Waals surface area contributed by atoms with Crippen LogP contribution in [0.25, 0.3) is 0 Å². The van der Waals surface area contributed by atoms with Gasteiger partial charge in [-0.25, -0.2) is 9.97 Å². The Labute approximate surface area is 151 Å². The van der Waals surface area contributed by atoms with Gasteiger partial charge in [0.25, 0.3) is 11.8 Å². The summed E-state index contributed by atoms with van der Waals surface area (Å²) in [4.78, 5) is 35.3. The highest BCUT2D eigenvalue weighted by Gasteiger charge is 2.63. The van der Waals surface area contributed by atoms with Crippen molar-refractivity contribution in [2.24, 2.45) is 5.92 Å². The molecular formula is C17H13BrN4O3. The van der Waals surface area contributed by atoms with Crippen molar-refractivity contribution in [3.8, 4) is 0 Å². The van der Waals surface area contributed by atoms with Crippen LogP contribution in [0.3, 0.4) is 0 Å². The molecule has 8 heteroatoms. The minimum absolute atomic E-state index is 0.0263. The van der Waals surface area contributed by atoms with Crippen molar-refractivity contribution in [3.63, 3.8) is 0 Å². The third-order valence-corrected chi connectivity index (χ3v) is 5.51. The quantitative estimate of drug-likeness (QED) is 0.789. The molecule has 0 bridgehead atoms. The van der Waals surface area contributed by atoms with Crippen LogP contribution < -0.4 is 5.32 Å². The summed E-state index contributed by atoms with van der Waals surface area (Å²) in [6, 6.07) is 6.48. The molecule has 1 aromatic heterocycles. The molecule has 1 aliphatic carbocycles. The topological polar surface area (TPSA) is 84.4 Å². The van der Waals surface area contributed by atoms with Gasteiger partial charge in [-0.15, -0.1) is 0 Å². The molecule has 2 aliphatic heterocycles. The van der Waals surface area contributed by atoms with Gasteiger partial charge < -0.3 is 10.1 Å². The first-order chi connectivity index (χ1) is 12.1. The first-order valence-electron chi connectivity index (χ1n) is 7.98. The first kappa shape index (κ1) is 15.0. The molecule has 25 heavy (non-hydrogen) atoms. The Morgan fingerprint density at radius 1 is 1.12 bits per heavy atom. The summed E-state index contributed by atoms with van der Waals surface area (Å²) in [5.41, 5.74) is 0.935. The van der Waals surface area contributed by atoms with E-state index >= 15 is 0 Å². The molecule has 126 valence electrons. The lowest BCUT2D eigenvalue weighted by atomic mass is 9.67. The van der Waals surface area contributed by atoms with Gasteiger partial charge in [-0.05, 0) is 28.1 Å². The number of anilines is 1. The average Bonchev–Trinajstić information content (AvgIpc) is 2.85. The molecule has 2 aromatic rings. The van der Waals surface area contributed by atoms with Crippen molar-refractivity contribution in [1.29, 1.82) is 0 Å². The summed E-state index contributed by atoms with van der Waals surface area (Å²) in [5, 5.41) is 3.22. The number of nitrogens with one attached hydrogen (secondary N) is 1. The third-order valence-electron chi connectivity index (χ3n) is 5.10. The van der Waals surface area contributed by atoms with Gasteiger partial charge in [0.15, 0.2) is 0 Å². The number of rotatable bonds is 3. The van der Waals surface area contributed by atoms with Gasteiger partial charge in [0.2, 0.25) is 5.95 Å². The smallest absolute Gasteiger partial charge is 0.261 e. The van der Waals surface area contributed by atoms with E-state index in [1.54, 1.807) is 36.7 Å². The number of imide groups is 1. The second kappa shape index (κ2) is 5.34. The van der Waals surface area contributed by atoms with Gasteiger partial charge in [-0.2, -0.15) is 0 Å². The zero-order valence-electron chi connectivity index (χ0n) is 12.9. The van der Waals surface area contributed by atoms with E-state index in [-0.39, 0.29) is 35.9 Å². The van der Waals surface area contributed by atoms with E-state index in [1.165, 1.54) is 4.90 Å². The normalized spacial score (nSPS) is 29.6. The molecule has 0 spiro atoms. The SMILES string of the molecule is O=C1c2ccccc2C(=O)N1[C@H]1C2CO[C@@H]2C1Nc1ncc(Br)cn1. The van der Waals surface area contributed by atoms with Crippen LogP contribution in [-0.2, 0) is 4.74 Å². The van der Waals surface area contributed by atoms with Gasteiger partial charge in [-0.1, -0.05) is 12.1 Å². The molecular weight excluding hydrogens is 388 g/mol. The van der Waals surface area contributed by atoms with Crippen molar-refractivity contribution in [1.82, 2.24) is 14.9 Å².